The average molecular weight is 270 g/mol. The number of rotatable bonds is 3. The first-order valence-corrected chi connectivity index (χ1v) is 6.45. The van der Waals surface area contributed by atoms with E-state index in [0.717, 1.165) is 27.9 Å². The molecule has 0 N–H and O–H groups in total. The van der Waals surface area contributed by atoms with Crippen LogP contribution in [0.15, 0.2) is 42.5 Å². The van der Waals surface area contributed by atoms with Crippen molar-refractivity contribution in [2.24, 2.45) is 7.05 Å². The Hall–Kier alpha value is -2.36. The van der Waals surface area contributed by atoms with E-state index in [2.05, 4.69) is 5.10 Å². The number of aromatic nitrogens is 2. The van der Waals surface area contributed by atoms with Gasteiger partial charge < -0.3 is 4.74 Å². The van der Waals surface area contributed by atoms with Gasteiger partial charge in [0.1, 0.15) is 18.2 Å². The molecule has 1 heterocycles. The second-order valence-corrected chi connectivity index (χ2v) is 4.77. The van der Waals surface area contributed by atoms with Gasteiger partial charge in [-0.1, -0.05) is 18.2 Å². The SMILES string of the molecule is Cc1nn(C)c2cccc(OCc3ccc(F)cc3)c12. The number of aryl methyl sites for hydroxylation is 2. The summed E-state index contributed by atoms with van der Waals surface area (Å²) in [7, 11) is 1.92. The van der Waals surface area contributed by atoms with Crippen LogP contribution in [0.3, 0.4) is 0 Å². The summed E-state index contributed by atoms with van der Waals surface area (Å²) in [6.07, 6.45) is 0. The van der Waals surface area contributed by atoms with Crippen LogP contribution in [0.5, 0.6) is 5.75 Å². The fourth-order valence-corrected chi connectivity index (χ4v) is 2.34. The number of hydrogen-bond acceptors (Lipinski definition) is 2. The lowest BCUT2D eigenvalue weighted by Crippen LogP contribution is -1.96. The van der Waals surface area contributed by atoms with Crippen molar-refractivity contribution in [3.63, 3.8) is 0 Å². The smallest absolute Gasteiger partial charge is 0.131 e. The molecule has 0 spiro atoms. The zero-order valence-electron chi connectivity index (χ0n) is 11.4. The van der Waals surface area contributed by atoms with Gasteiger partial charge in [0.25, 0.3) is 0 Å². The largest absolute Gasteiger partial charge is 0.488 e. The first-order chi connectivity index (χ1) is 9.65. The Balaban J connectivity index is 1.89. The number of halogens is 1. The van der Waals surface area contributed by atoms with Gasteiger partial charge in [0.15, 0.2) is 0 Å². The third-order valence-corrected chi connectivity index (χ3v) is 3.32. The molecule has 3 aromatic rings. The van der Waals surface area contributed by atoms with Gasteiger partial charge in [-0.3, -0.25) is 4.68 Å². The highest BCUT2D eigenvalue weighted by molar-refractivity contribution is 5.88. The van der Waals surface area contributed by atoms with Crippen molar-refractivity contribution >= 4 is 10.9 Å². The minimum atomic E-state index is -0.237. The maximum Gasteiger partial charge on any atom is 0.131 e. The fraction of sp³-hybridized carbons (Fsp3) is 0.188. The molecule has 0 aliphatic rings. The normalized spacial score (nSPS) is 10.9. The molecule has 2 aromatic carbocycles. The Kier molecular flexibility index (Phi) is 3.14. The summed E-state index contributed by atoms with van der Waals surface area (Å²) in [5.74, 6) is 0.566. The van der Waals surface area contributed by atoms with Crippen LogP contribution in [-0.4, -0.2) is 9.78 Å². The summed E-state index contributed by atoms with van der Waals surface area (Å²) >= 11 is 0. The monoisotopic (exact) mass is 270 g/mol. The Labute approximate surface area is 116 Å². The molecule has 20 heavy (non-hydrogen) atoms. The minimum Gasteiger partial charge on any atom is -0.488 e. The highest BCUT2D eigenvalue weighted by Crippen LogP contribution is 2.28. The lowest BCUT2D eigenvalue weighted by Gasteiger charge is -2.08. The molecule has 0 aliphatic heterocycles. The fourth-order valence-electron chi connectivity index (χ4n) is 2.34. The maximum atomic E-state index is 12.9. The van der Waals surface area contributed by atoms with Crippen LogP contribution in [0, 0.1) is 12.7 Å². The van der Waals surface area contributed by atoms with Gasteiger partial charge in [-0.2, -0.15) is 5.10 Å². The molecule has 3 rings (SSSR count). The Bertz CT molecular complexity index is 747. The van der Waals surface area contributed by atoms with Crippen LogP contribution in [0.1, 0.15) is 11.3 Å². The van der Waals surface area contributed by atoms with Crippen molar-refractivity contribution in [1.29, 1.82) is 0 Å². The molecule has 0 bridgehead atoms. The van der Waals surface area contributed by atoms with Crippen LogP contribution in [0.25, 0.3) is 10.9 Å². The third-order valence-electron chi connectivity index (χ3n) is 3.32. The van der Waals surface area contributed by atoms with E-state index >= 15 is 0 Å². The highest BCUT2D eigenvalue weighted by Gasteiger charge is 2.10. The summed E-state index contributed by atoms with van der Waals surface area (Å²) in [5.41, 5.74) is 2.92. The molecule has 4 heteroatoms. The predicted molar refractivity (Wildman–Crippen MR) is 76.2 cm³/mol. The Morgan fingerprint density at radius 3 is 2.65 bits per heavy atom. The first kappa shape index (κ1) is 12.7. The predicted octanol–water partition coefficient (Wildman–Crippen LogP) is 3.60. The molecule has 0 unspecified atom stereocenters. The van der Waals surface area contributed by atoms with E-state index < -0.39 is 0 Å². The Morgan fingerprint density at radius 2 is 1.90 bits per heavy atom. The van der Waals surface area contributed by atoms with Crippen LogP contribution in [0.2, 0.25) is 0 Å². The molecular weight excluding hydrogens is 255 g/mol. The first-order valence-electron chi connectivity index (χ1n) is 6.45. The molecule has 0 amide bonds. The topological polar surface area (TPSA) is 27.1 Å². The van der Waals surface area contributed by atoms with E-state index in [4.69, 9.17) is 4.74 Å². The zero-order valence-corrected chi connectivity index (χ0v) is 11.4. The van der Waals surface area contributed by atoms with Crippen molar-refractivity contribution in [3.8, 4) is 5.75 Å². The van der Waals surface area contributed by atoms with Crippen LogP contribution in [0.4, 0.5) is 4.39 Å². The van der Waals surface area contributed by atoms with E-state index in [9.17, 15) is 4.39 Å². The lowest BCUT2D eigenvalue weighted by atomic mass is 10.2. The van der Waals surface area contributed by atoms with Gasteiger partial charge in [-0.25, -0.2) is 4.39 Å². The molecule has 0 atom stereocenters. The lowest BCUT2D eigenvalue weighted by molar-refractivity contribution is 0.310. The van der Waals surface area contributed by atoms with E-state index in [0.29, 0.717) is 6.61 Å². The second-order valence-electron chi connectivity index (χ2n) is 4.77. The van der Waals surface area contributed by atoms with Crippen molar-refractivity contribution in [2.75, 3.05) is 0 Å². The van der Waals surface area contributed by atoms with Crippen LogP contribution >= 0.6 is 0 Å². The van der Waals surface area contributed by atoms with Gasteiger partial charge >= 0.3 is 0 Å². The molecule has 0 aliphatic carbocycles. The van der Waals surface area contributed by atoms with Crippen LogP contribution < -0.4 is 4.74 Å². The molecular formula is C16H15FN2O. The van der Waals surface area contributed by atoms with Crippen LogP contribution in [-0.2, 0) is 13.7 Å². The van der Waals surface area contributed by atoms with E-state index in [-0.39, 0.29) is 5.82 Å². The van der Waals surface area contributed by atoms with Gasteiger partial charge in [-0.05, 0) is 36.8 Å². The minimum absolute atomic E-state index is 0.237. The van der Waals surface area contributed by atoms with Crippen molar-refractivity contribution < 1.29 is 9.13 Å². The summed E-state index contributed by atoms with van der Waals surface area (Å²) in [4.78, 5) is 0. The number of nitrogens with zero attached hydrogens (tertiary/aromatic N) is 2. The summed E-state index contributed by atoms with van der Waals surface area (Å²) < 4.78 is 20.6. The van der Waals surface area contributed by atoms with Crippen molar-refractivity contribution in [2.45, 2.75) is 13.5 Å². The molecule has 1 aromatic heterocycles. The van der Waals surface area contributed by atoms with E-state index in [1.807, 2.05) is 36.9 Å². The molecule has 0 saturated carbocycles. The Morgan fingerprint density at radius 1 is 1.15 bits per heavy atom. The van der Waals surface area contributed by atoms with Crippen molar-refractivity contribution in [3.05, 3.63) is 59.5 Å². The molecule has 102 valence electrons. The number of hydrogen-bond donors (Lipinski definition) is 0. The average Bonchev–Trinajstić information content (AvgIpc) is 2.74. The molecule has 3 nitrogen and oxygen atoms in total. The second kappa shape index (κ2) is 4.96. The molecule has 0 radical (unpaired) electrons. The van der Waals surface area contributed by atoms with Gasteiger partial charge in [0.05, 0.1) is 16.6 Å². The summed E-state index contributed by atoms with van der Waals surface area (Å²) in [5, 5.41) is 5.43. The van der Waals surface area contributed by atoms with Crippen molar-refractivity contribution in [1.82, 2.24) is 9.78 Å². The van der Waals surface area contributed by atoms with Gasteiger partial charge in [-0.15, -0.1) is 0 Å². The quantitative estimate of drug-likeness (QED) is 0.727. The molecule has 0 saturated heterocycles. The van der Waals surface area contributed by atoms with Gasteiger partial charge in [0.2, 0.25) is 0 Å². The molecule has 0 fully saturated rings. The maximum absolute atomic E-state index is 12.9. The summed E-state index contributed by atoms with van der Waals surface area (Å²) in [6, 6.07) is 12.2. The third kappa shape index (κ3) is 2.25. The van der Waals surface area contributed by atoms with E-state index in [1.54, 1.807) is 12.1 Å². The number of benzene rings is 2. The van der Waals surface area contributed by atoms with E-state index in [1.165, 1.54) is 12.1 Å². The number of ether oxygens (including phenoxy) is 1. The standard InChI is InChI=1S/C16H15FN2O/c1-11-16-14(19(2)18-11)4-3-5-15(16)20-10-12-6-8-13(17)9-7-12/h3-9H,10H2,1-2H3. The zero-order chi connectivity index (χ0) is 14.1. The highest BCUT2D eigenvalue weighted by atomic mass is 19.1. The van der Waals surface area contributed by atoms with Gasteiger partial charge in [0, 0.05) is 7.05 Å². The summed E-state index contributed by atoms with van der Waals surface area (Å²) in [6.45, 7) is 2.38. The number of fused-ring (bicyclic) bond motifs is 1.